The molecule has 1 aliphatic heterocycles. The molecule has 0 unspecified atom stereocenters. The number of thioether (sulfide) groups is 1. The lowest BCUT2D eigenvalue weighted by Gasteiger charge is -2.19. The predicted octanol–water partition coefficient (Wildman–Crippen LogP) is 3.10. The number of hydrogen-bond acceptors (Lipinski definition) is 6. The number of hydrogen-bond donors (Lipinski definition) is 1. The third-order valence-corrected chi connectivity index (χ3v) is 5.22. The highest BCUT2D eigenvalue weighted by Crippen LogP contribution is 2.43. The van der Waals surface area contributed by atoms with Crippen LogP contribution in [0.25, 0.3) is 5.57 Å². The van der Waals surface area contributed by atoms with Crippen LogP contribution in [0.4, 0.5) is 5.69 Å². The molecule has 28 heavy (non-hydrogen) atoms. The number of anilines is 1. The number of carbonyl (C=O) groups excluding carboxylic acids is 2. The van der Waals surface area contributed by atoms with Crippen LogP contribution in [-0.4, -0.2) is 43.0 Å². The second-order valence-electron chi connectivity index (χ2n) is 5.82. The van der Waals surface area contributed by atoms with E-state index in [1.807, 2.05) is 6.92 Å². The van der Waals surface area contributed by atoms with Crippen LogP contribution in [0.15, 0.2) is 53.4 Å². The normalized spacial score (nSPS) is 14.0. The maximum atomic E-state index is 13.4. The highest BCUT2D eigenvalue weighted by atomic mass is 32.2. The minimum atomic E-state index is -0.443. The summed E-state index contributed by atoms with van der Waals surface area (Å²) in [6, 6.07) is 14.0. The minimum Gasteiger partial charge on any atom is -0.496 e. The highest BCUT2D eigenvalue weighted by Gasteiger charge is 2.42. The summed E-state index contributed by atoms with van der Waals surface area (Å²) in [6.07, 6.45) is 0. The molecule has 1 N–H and O–H groups in total. The largest absolute Gasteiger partial charge is 0.496 e. The average Bonchev–Trinajstić information content (AvgIpc) is 2.96. The van der Waals surface area contributed by atoms with Gasteiger partial charge in [-0.15, -0.1) is 11.8 Å². The number of benzene rings is 2. The number of para-hydroxylation sites is 3. The van der Waals surface area contributed by atoms with Crippen molar-refractivity contribution in [2.75, 3.05) is 31.0 Å². The van der Waals surface area contributed by atoms with Gasteiger partial charge in [0.15, 0.2) is 0 Å². The number of ether oxygens (including phenoxy) is 2. The summed E-state index contributed by atoms with van der Waals surface area (Å²) in [6.45, 7) is 2.14. The molecular weight excluding hydrogens is 378 g/mol. The van der Waals surface area contributed by atoms with Crippen molar-refractivity contribution in [3.8, 4) is 11.5 Å². The van der Waals surface area contributed by atoms with Crippen molar-refractivity contribution in [3.05, 3.63) is 59.0 Å². The molecule has 146 valence electrons. The van der Waals surface area contributed by atoms with E-state index in [0.29, 0.717) is 35.1 Å². The van der Waals surface area contributed by atoms with Gasteiger partial charge in [-0.05, 0) is 25.1 Å². The molecule has 6 nitrogen and oxygen atoms in total. The average molecular weight is 399 g/mol. The van der Waals surface area contributed by atoms with E-state index in [4.69, 9.17) is 9.47 Å². The SMILES string of the molecule is CCOc1ccccc1N1C(=O)C(SCCO)=C(c2ccccc2OC)C1=O. The molecule has 0 spiro atoms. The van der Waals surface area contributed by atoms with E-state index in [1.165, 1.54) is 7.11 Å². The third kappa shape index (κ3) is 3.63. The lowest BCUT2D eigenvalue weighted by molar-refractivity contribution is -0.119. The van der Waals surface area contributed by atoms with Crippen LogP contribution in [-0.2, 0) is 9.59 Å². The van der Waals surface area contributed by atoms with Gasteiger partial charge in [-0.25, -0.2) is 4.90 Å². The molecule has 0 fully saturated rings. The second-order valence-corrected chi connectivity index (χ2v) is 6.93. The molecule has 0 aliphatic carbocycles. The van der Waals surface area contributed by atoms with Gasteiger partial charge in [0.1, 0.15) is 11.5 Å². The number of nitrogens with zero attached hydrogens (tertiary/aromatic N) is 1. The molecule has 2 aromatic rings. The summed E-state index contributed by atoms with van der Waals surface area (Å²) in [5.41, 5.74) is 1.21. The van der Waals surface area contributed by atoms with E-state index < -0.39 is 11.8 Å². The first-order valence-corrected chi connectivity index (χ1v) is 9.84. The number of methoxy groups -OCH3 is 1. The molecule has 0 aromatic heterocycles. The summed E-state index contributed by atoms with van der Waals surface area (Å²) in [7, 11) is 1.52. The summed E-state index contributed by atoms with van der Waals surface area (Å²) < 4.78 is 11.0. The van der Waals surface area contributed by atoms with E-state index >= 15 is 0 Å². The van der Waals surface area contributed by atoms with E-state index in [2.05, 4.69) is 0 Å². The number of aliphatic hydroxyl groups is 1. The Hall–Kier alpha value is -2.77. The third-order valence-electron chi connectivity index (χ3n) is 4.16. The van der Waals surface area contributed by atoms with Crippen LogP contribution in [0.5, 0.6) is 11.5 Å². The van der Waals surface area contributed by atoms with Crippen LogP contribution in [0.2, 0.25) is 0 Å². The molecule has 7 heteroatoms. The van der Waals surface area contributed by atoms with E-state index in [0.717, 1.165) is 16.7 Å². The molecule has 2 amide bonds. The molecule has 1 heterocycles. The van der Waals surface area contributed by atoms with Crippen LogP contribution >= 0.6 is 11.8 Å². The van der Waals surface area contributed by atoms with Crippen molar-refractivity contribution in [2.45, 2.75) is 6.92 Å². The summed E-state index contributed by atoms with van der Waals surface area (Å²) in [5.74, 6) is 0.382. The molecule has 2 aromatic carbocycles. The maximum Gasteiger partial charge on any atom is 0.272 e. The maximum absolute atomic E-state index is 13.4. The molecular formula is C21H21NO5S. The molecule has 0 saturated carbocycles. The van der Waals surface area contributed by atoms with Gasteiger partial charge in [0, 0.05) is 11.3 Å². The first kappa shape index (κ1) is 20.0. The van der Waals surface area contributed by atoms with Gasteiger partial charge in [-0.3, -0.25) is 9.59 Å². The number of carbonyl (C=O) groups is 2. The number of imide groups is 1. The van der Waals surface area contributed by atoms with Gasteiger partial charge in [-0.2, -0.15) is 0 Å². The quantitative estimate of drug-likeness (QED) is 0.688. The first-order chi connectivity index (χ1) is 13.6. The van der Waals surface area contributed by atoms with Crippen molar-refractivity contribution in [3.63, 3.8) is 0 Å². The van der Waals surface area contributed by atoms with Crippen molar-refractivity contribution < 1.29 is 24.2 Å². The summed E-state index contributed by atoms with van der Waals surface area (Å²) in [4.78, 5) is 28.0. The number of aliphatic hydroxyl groups excluding tert-OH is 1. The highest BCUT2D eigenvalue weighted by molar-refractivity contribution is 8.04. The van der Waals surface area contributed by atoms with Crippen LogP contribution < -0.4 is 14.4 Å². The lowest BCUT2D eigenvalue weighted by Crippen LogP contribution is -2.31. The van der Waals surface area contributed by atoms with E-state index in [9.17, 15) is 14.7 Å². The first-order valence-electron chi connectivity index (χ1n) is 8.86. The fraction of sp³-hybridized carbons (Fsp3) is 0.238. The van der Waals surface area contributed by atoms with Crippen LogP contribution in [0.3, 0.4) is 0 Å². The molecule has 0 radical (unpaired) electrons. The number of rotatable bonds is 8. The molecule has 1 aliphatic rings. The van der Waals surface area contributed by atoms with Crippen LogP contribution in [0, 0.1) is 0 Å². The van der Waals surface area contributed by atoms with Gasteiger partial charge in [-0.1, -0.05) is 30.3 Å². The van der Waals surface area contributed by atoms with Crippen molar-refractivity contribution in [1.82, 2.24) is 0 Å². The zero-order valence-corrected chi connectivity index (χ0v) is 16.5. The zero-order chi connectivity index (χ0) is 20.1. The summed E-state index contributed by atoms with van der Waals surface area (Å²) >= 11 is 1.16. The number of amides is 2. The second kappa shape index (κ2) is 8.95. The zero-order valence-electron chi connectivity index (χ0n) is 15.7. The topological polar surface area (TPSA) is 76.1 Å². The van der Waals surface area contributed by atoms with Crippen molar-refractivity contribution in [2.24, 2.45) is 0 Å². The lowest BCUT2D eigenvalue weighted by atomic mass is 10.0. The van der Waals surface area contributed by atoms with Gasteiger partial charge in [0.25, 0.3) is 11.8 Å². The molecule has 3 rings (SSSR count). The van der Waals surface area contributed by atoms with Crippen LogP contribution in [0.1, 0.15) is 12.5 Å². The monoisotopic (exact) mass is 399 g/mol. The fourth-order valence-corrected chi connectivity index (χ4v) is 3.87. The Morgan fingerprint density at radius 1 is 1.00 bits per heavy atom. The fourth-order valence-electron chi connectivity index (χ4n) is 3.02. The Bertz CT molecular complexity index is 925. The van der Waals surface area contributed by atoms with E-state index in [-0.39, 0.29) is 17.1 Å². The van der Waals surface area contributed by atoms with Crippen molar-refractivity contribution in [1.29, 1.82) is 0 Å². The van der Waals surface area contributed by atoms with Crippen molar-refractivity contribution >= 4 is 34.8 Å². The molecule has 0 saturated heterocycles. The Morgan fingerprint density at radius 2 is 1.68 bits per heavy atom. The van der Waals surface area contributed by atoms with Gasteiger partial charge in [0.05, 0.1) is 36.5 Å². The van der Waals surface area contributed by atoms with Gasteiger partial charge >= 0.3 is 0 Å². The van der Waals surface area contributed by atoms with Gasteiger partial charge < -0.3 is 14.6 Å². The smallest absolute Gasteiger partial charge is 0.272 e. The summed E-state index contributed by atoms with van der Waals surface area (Å²) in [5, 5.41) is 9.24. The molecule has 0 atom stereocenters. The Kier molecular flexibility index (Phi) is 6.38. The minimum absolute atomic E-state index is 0.107. The predicted molar refractivity (Wildman–Crippen MR) is 110 cm³/mol. The Balaban J connectivity index is 2.13. The Morgan fingerprint density at radius 3 is 2.36 bits per heavy atom. The van der Waals surface area contributed by atoms with E-state index in [1.54, 1.807) is 48.5 Å². The molecule has 0 bridgehead atoms. The standard InChI is InChI=1S/C21H21NO5S/c1-3-27-17-11-7-5-9-15(17)22-20(24)18(19(21(22)25)28-13-12-23)14-8-4-6-10-16(14)26-2/h4-11,23H,3,12-13H2,1-2H3. The van der Waals surface area contributed by atoms with Gasteiger partial charge in [0.2, 0.25) is 0 Å². The Labute approximate surface area is 167 Å².